The van der Waals surface area contributed by atoms with Crippen LogP contribution in [0.5, 0.6) is 0 Å². The summed E-state index contributed by atoms with van der Waals surface area (Å²) in [5, 5.41) is 5.79. The SMILES string of the molecule is Clc1ccc(-c2ccc(-n3c4ccccc4c4cc5ccccc5cc43)cc2-c2ccccc2)cc1. The first-order chi connectivity index (χ1) is 17.8. The summed E-state index contributed by atoms with van der Waals surface area (Å²) in [6.45, 7) is 0. The molecule has 1 aromatic heterocycles. The van der Waals surface area contributed by atoms with Crippen molar-refractivity contribution in [2.24, 2.45) is 0 Å². The van der Waals surface area contributed by atoms with Crippen molar-refractivity contribution >= 4 is 44.2 Å². The van der Waals surface area contributed by atoms with Gasteiger partial charge in [-0.05, 0) is 75.5 Å². The quantitative estimate of drug-likeness (QED) is 0.237. The molecular formula is C34H22ClN. The molecule has 0 unspecified atom stereocenters. The molecule has 0 saturated heterocycles. The van der Waals surface area contributed by atoms with Crippen LogP contribution < -0.4 is 0 Å². The van der Waals surface area contributed by atoms with Gasteiger partial charge in [0.05, 0.1) is 11.0 Å². The molecule has 0 saturated carbocycles. The molecule has 0 radical (unpaired) electrons. The van der Waals surface area contributed by atoms with Gasteiger partial charge < -0.3 is 4.57 Å². The second kappa shape index (κ2) is 8.41. The van der Waals surface area contributed by atoms with Gasteiger partial charge in [0.2, 0.25) is 0 Å². The van der Waals surface area contributed by atoms with Crippen LogP contribution in [0.1, 0.15) is 0 Å². The maximum atomic E-state index is 6.20. The lowest BCUT2D eigenvalue weighted by Crippen LogP contribution is -1.96. The van der Waals surface area contributed by atoms with Gasteiger partial charge in [-0.15, -0.1) is 0 Å². The molecule has 0 amide bonds. The van der Waals surface area contributed by atoms with E-state index < -0.39 is 0 Å². The number of hydrogen-bond acceptors (Lipinski definition) is 0. The molecule has 0 N–H and O–H groups in total. The van der Waals surface area contributed by atoms with Crippen LogP contribution in [-0.4, -0.2) is 4.57 Å². The predicted octanol–water partition coefficient (Wildman–Crippen LogP) is 9.92. The number of para-hydroxylation sites is 1. The minimum absolute atomic E-state index is 0.745. The summed E-state index contributed by atoms with van der Waals surface area (Å²) in [6, 6.07) is 47.4. The first-order valence-electron chi connectivity index (χ1n) is 12.1. The highest BCUT2D eigenvalue weighted by molar-refractivity contribution is 6.30. The standard InChI is InChI=1S/C34H22ClN/c35-27-16-14-24(15-17-27)29-19-18-28(22-31(29)23-8-2-1-3-9-23)36-33-13-7-6-12-30(33)32-20-25-10-4-5-11-26(25)21-34(32)36/h1-22H. The fraction of sp³-hybridized carbons (Fsp3) is 0. The molecule has 0 aliphatic heterocycles. The summed E-state index contributed by atoms with van der Waals surface area (Å²) in [4.78, 5) is 0. The second-order valence-corrected chi connectivity index (χ2v) is 9.61. The largest absolute Gasteiger partial charge is 0.309 e. The maximum absolute atomic E-state index is 6.20. The lowest BCUT2D eigenvalue weighted by Gasteiger charge is -2.15. The molecule has 0 aliphatic rings. The fourth-order valence-corrected chi connectivity index (χ4v) is 5.47. The summed E-state index contributed by atoms with van der Waals surface area (Å²) in [6.07, 6.45) is 0. The Balaban J connectivity index is 1.54. The smallest absolute Gasteiger partial charge is 0.0547 e. The number of aromatic nitrogens is 1. The molecule has 0 spiro atoms. The average Bonchev–Trinajstić information content (AvgIpc) is 3.26. The minimum atomic E-state index is 0.745. The first-order valence-corrected chi connectivity index (χ1v) is 12.5. The molecule has 0 aliphatic carbocycles. The van der Waals surface area contributed by atoms with Crippen molar-refractivity contribution < 1.29 is 0 Å². The van der Waals surface area contributed by atoms with Crippen LogP contribution in [0.25, 0.3) is 60.5 Å². The van der Waals surface area contributed by atoms with Crippen molar-refractivity contribution in [1.82, 2.24) is 4.57 Å². The van der Waals surface area contributed by atoms with Crippen LogP contribution in [-0.2, 0) is 0 Å². The zero-order valence-electron chi connectivity index (χ0n) is 19.5. The summed E-state index contributed by atoms with van der Waals surface area (Å²) >= 11 is 6.20. The van der Waals surface area contributed by atoms with Crippen LogP contribution >= 0.6 is 11.6 Å². The van der Waals surface area contributed by atoms with Crippen LogP contribution in [0.15, 0.2) is 133 Å². The van der Waals surface area contributed by atoms with Crippen molar-refractivity contribution in [1.29, 1.82) is 0 Å². The highest BCUT2D eigenvalue weighted by atomic mass is 35.5. The molecule has 7 rings (SSSR count). The Kier molecular flexibility index (Phi) is 4.90. The van der Waals surface area contributed by atoms with E-state index in [4.69, 9.17) is 11.6 Å². The number of halogens is 1. The van der Waals surface area contributed by atoms with E-state index >= 15 is 0 Å². The van der Waals surface area contributed by atoms with Crippen LogP contribution in [0.2, 0.25) is 5.02 Å². The third-order valence-corrected chi connectivity index (χ3v) is 7.29. The molecule has 2 heteroatoms. The number of benzene rings is 6. The van der Waals surface area contributed by atoms with Gasteiger partial charge in [-0.2, -0.15) is 0 Å². The van der Waals surface area contributed by atoms with E-state index in [0.717, 1.165) is 16.3 Å². The van der Waals surface area contributed by atoms with E-state index in [0.29, 0.717) is 0 Å². The lowest BCUT2D eigenvalue weighted by atomic mass is 9.94. The van der Waals surface area contributed by atoms with Crippen molar-refractivity contribution in [3.05, 3.63) is 138 Å². The first kappa shape index (κ1) is 21.0. The molecule has 1 heterocycles. The molecular weight excluding hydrogens is 458 g/mol. The van der Waals surface area contributed by atoms with Gasteiger partial charge in [-0.3, -0.25) is 0 Å². The Morgan fingerprint density at radius 1 is 0.444 bits per heavy atom. The minimum Gasteiger partial charge on any atom is -0.309 e. The molecule has 6 aromatic carbocycles. The van der Waals surface area contributed by atoms with Gasteiger partial charge in [0.1, 0.15) is 0 Å². The van der Waals surface area contributed by atoms with E-state index in [1.807, 2.05) is 12.1 Å². The predicted molar refractivity (Wildman–Crippen MR) is 154 cm³/mol. The number of fused-ring (bicyclic) bond motifs is 4. The maximum Gasteiger partial charge on any atom is 0.0547 e. The average molecular weight is 480 g/mol. The summed E-state index contributed by atoms with van der Waals surface area (Å²) in [5.74, 6) is 0. The summed E-state index contributed by atoms with van der Waals surface area (Å²) in [5.41, 5.74) is 8.30. The van der Waals surface area contributed by atoms with E-state index in [1.165, 1.54) is 49.3 Å². The van der Waals surface area contributed by atoms with Crippen LogP contribution in [0.3, 0.4) is 0 Å². The lowest BCUT2D eigenvalue weighted by molar-refractivity contribution is 1.18. The normalized spacial score (nSPS) is 11.5. The third kappa shape index (κ3) is 3.40. The fourth-order valence-electron chi connectivity index (χ4n) is 5.34. The molecule has 0 bridgehead atoms. The zero-order valence-corrected chi connectivity index (χ0v) is 20.3. The van der Waals surface area contributed by atoms with Gasteiger partial charge in [0.15, 0.2) is 0 Å². The van der Waals surface area contributed by atoms with E-state index in [1.54, 1.807) is 0 Å². The molecule has 0 atom stereocenters. The van der Waals surface area contributed by atoms with E-state index in [2.05, 4.69) is 126 Å². The Bertz CT molecular complexity index is 1880. The zero-order chi connectivity index (χ0) is 24.1. The number of nitrogens with zero attached hydrogens (tertiary/aromatic N) is 1. The highest BCUT2D eigenvalue weighted by Gasteiger charge is 2.15. The Morgan fingerprint density at radius 2 is 1.11 bits per heavy atom. The monoisotopic (exact) mass is 479 g/mol. The molecule has 0 fully saturated rings. The molecule has 7 aromatic rings. The third-order valence-electron chi connectivity index (χ3n) is 7.04. The van der Waals surface area contributed by atoms with Crippen molar-refractivity contribution in [3.63, 3.8) is 0 Å². The van der Waals surface area contributed by atoms with Gasteiger partial charge in [0, 0.05) is 21.5 Å². The van der Waals surface area contributed by atoms with Crippen molar-refractivity contribution in [2.45, 2.75) is 0 Å². The summed E-state index contributed by atoms with van der Waals surface area (Å²) < 4.78 is 2.40. The van der Waals surface area contributed by atoms with Gasteiger partial charge in [0.25, 0.3) is 0 Å². The topological polar surface area (TPSA) is 4.93 Å². The molecule has 170 valence electrons. The Morgan fingerprint density at radius 3 is 1.92 bits per heavy atom. The summed E-state index contributed by atoms with van der Waals surface area (Å²) in [7, 11) is 0. The number of rotatable bonds is 3. The molecule has 36 heavy (non-hydrogen) atoms. The van der Waals surface area contributed by atoms with Crippen molar-refractivity contribution in [3.8, 4) is 27.9 Å². The second-order valence-electron chi connectivity index (χ2n) is 9.17. The van der Waals surface area contributed by atoms with E-state index in [-0.39, 0.29) is 0 Å². The van der Waals surface area contributed by atoms with E-state index in [9.17, 15) is 0 Å². The van der Waals surface area contributed by atoms with Crippen molar-refractivity contribution in [2.75, 3.05) is 0 Å². The van der Waals surface area contributed by atoms with Crippen LogP contribution in [0, 0.1) is 0 Å². The molecule has 1 nitrogen and oxygen atoms in total. The Labute approximate surface area is 214 Å². The van der Waals surface area contributed by atoms with Crippen LogP contribution in [0.4, 0.5) is 0 Å². The van der Waals surface area contributed by atoms with Gasteiger partial charge in [-0.1, -0.05) is 103 Å². The van der Waals surface area contributed by atoms with Gasteiger partial charge >= 0.3 is 0 Å². The Hall–Kier alpha value is -4.33. The number of hydrogen-bond donors (Lipinski definition) is 0. The van der Waals surface area contributed by atoms with Gasteiger partial charge in [-0.25, -0.2) is 0 Å². The highest BCUT2D eigenvalue weighted by Crippen LogP contribution is 2.38.